The molecular formula is C11H15ClN4O4S. The van der Waals surface area contributed by atoms with E-state index in [0.29, 0.717) is 12.8 Å². The third kappa shape index (κ3) is 3.09. The largest absolute Gasteiger partial charge is 0.465 e. The maximum atomic E-state index is 11.7. The van der Waals surface area contributed by atoms with Crippen LogP contribution in [0, 0.1) is 0 Å². The fraction of sp³-hybridized carbons (Fsp3) is 0.545. The van der Waals surface area contributed by atoms with Gasteiger partial charge in [0.25, 0.3) is 0 Å². The summed E-state index contributed by atoms with van der Waals surface area (Å²) in [7, 11) is -2.48. The molecule has 0 radical (unpaired) electrons. The highest BCUT2D eigenvalue weighted by atomic mass is 35.5. The van der Waals surface area contributed by atoms with E-state index in [-0.39, 0.29) is 23.1 Å². The first-order valence-electron chi connectivity index (χ1n) is 6.17. The average molecular weight is 335 g/mol. The first kappa shape index (κ1) is 15.9. The van der Waals surface area contributed by atoms with Gasteiger partial charge in [0, 0.05) is 6.54 Å². The Morgan fingerprint density at radius 2 is 2.19 bits per heavy atom. The smallest absolute Gasteiger partial charge is 0.341 e. The number of halogens is 1. The van der Waals surface area contributed by atoms with E-state index in [4.69, 9.17) is 16.7 Å². The predicted octanol–water partition coefficient (Wildman–Crippen LogP) is 0.540. The van der Waals surface area contributed by atoms with Crippen molar-refractivity contribution in [1.82, 2.24) is 10.2 Å². The Morgan fingerprint density at radius 3 is 2.67 bits per heavy atom. The number of carbonyl (C=O) groups is 1. The topological polar surface area (TPSA) is 124 Å². The molecule has 0 bridgehead atoms. The molecule has 0 aromatic carbocycles. The van der Waals surface area contributed by atoms with Gasteiger partial charge >= 0.3 is 5.97 Å². The normalized spacial score (nSPS) is 16.9. The van der Waals surface area contributed by atoms with E-state index in [0.717, 1.165) is 6.42 Å². The number of hydrogen-bond donors (Lipinski definition) is 2. The molecule has 21 heavy (non-hydrogen) atoms. The summed E-state index contributed by atoms with van der Waals surface area (Å²) in [6, 6.07) is 1.30. The number of methoxy groups -OCH3 is 1. The minimum Gasteiger partial charge on any atom is -0.465 e. The fourth-order valence-corrected chi connectivity index (χ4v) is 3.42. The third-order valence-corrected chi connectivity index (χ3v) is 5.56. The van der Waals surface area contributed by atoms with E-state index >= 15 is 0 Å². The zero-order valence-electron chi connectivity index (χ0n) is 11.3. The second-order valence-electron chi connectivity index (χ2n) is 4.86. The molecule has 2 rings (SSSR count). The second-order valence-corrected chi connectivity index (χ2v) is 7.20. The van der Waals surface area contributed by atoms with Gasteiger partial charge in [-0.15, -0.1) is 10.2 Å². The Hall–Kier alpha value is -1.45. The molecule has 116 valence electrons. The lowest BCUT2D eigenvalue weighted by Crippen LogP contribution is -2.53. The number of nitrogens with one attached hydrogen (secondary N) is 1. The van der Waals surface area contributed by atoms with Gasteiger partial charge in [-0.2, -0.15) is 0 Å². The molecule has 1 heterocycles. The summed E-state index contributed by atoms with van der Waals surface area (Å²) in [5, 5.41) is 15.5. The van der Waals surface area contributed by atoms with Crippen molar-refractivity contribution < 1.29 is 17.9 Å². The van der Waals surface area contributed by atoms with Gasteiger partial charge in [-0.3, -0.25) is 0 Å². The number of rotatable bonds is 5. The molecule has 1 aliphatic rings. The van der Waals surface area contributed by atoms with Crippen LogP contribution < -0.4 is 10.5 Å². The monoisotopic (exact) mass is 334 g/mol. The molecule has 0 aliphatic heterocycles. The Balaban J connectivity index is 2.22. The van der Waals surface area contributed by atoms with Gasteiger partial charge in [0.2, 0.25) is 10.0 Å². The average Bonchev–Trinajstić information content (AvgIpc) is 2.36. The number of carbonyl (C=O) groups excluding carboxylic acids is 1. The van der Waals surface area contributed by atoms with Crippen LogP contribution in [0.5, 0.6) is 0 Å². The number of nitrogens with two attached hydrogens (primary N) is 1. The first-order valence-corrected chi connectivity index (χ1v) is 8.09. The number of sulfonamides is 1. The maximum Gasteiger partial charge on any atom is 0.341 e. The van der Waals surface area contributed by atoms with E-state index in [1.54, 1.807) is 0 Å². The zero-order chi connectivity index (χ0) is 15.7. The first-order chi connectivity index (χ1) is 9.79. The van der Waals surface area contributed by atoms with Crippen LogP contribution in [0.2, 0.25) is 5.15 Å². The minimum absolute atomic E-state index is 0.0331. The van der Waals surface area contributed by atoms with E-state index in [1.165, 1.54) is 13.2 Å². The molecule has 1 aromatic rings. The van der Waals surface area contributed by atoms with E-state index in [2.05, 4.69) is 20.3 Å². The van der Waals surface area contributed by atoms with Gasteiger partial charge in [0.15, 0.2) is 11.0 Å². The van der Waals surface area contributed by atoms with Crippen LogP contribution >= 0.6 is 11.6 Å². The lowest BCUT2D eigenvalue weighted by Gasteiger charge is -2.39. The van der Waals surface area contributed by atoms with Crippen LogP contribution in [0.4, 0.5) is 5.82 Å². The highest BCUT2D eigenvalue weighted by molar-refractivity contribution is 7.90. The summed E-state index contributed by atoms with van der Waals surface area (Å²) in [6.45, 7) is 0.0478. The minimum atomic E-state index is -3.70. The van der Waals surface area contributed by atoms with Crippen molar-refractivity contribution in [1.29, 1.82) is 0 Å². The number of primary sulfonamides is 1. The maximum absolute atomic E-state index is 11.7. The highest BCUT2D eigenvalue weighted by Gasteiger charge is 2.47. The molecule has 1 saturated carbocycles. The Morgan fingerprint density at radius 1 is 1.52 bits per heavy atom. The molecule has 0 amide bonds. The van der Waals surface area contributed by atoms with Crippen LogP contribution in [0.1, 0.15) is 29.6 Å². The molecular weight excluding hydrogens is 320 g/mol. The zero-order valence-corrected chi connectivity index (χ0v) is 12.9. The van der Waals surface area contributed by atoms with Crippen LogP contribution in [-0.4, -0.2) is 43.0 Å². The summed E-state index contributed by atoms with van der Waals surface area (Å²) in [5.74, 6) is -0.534. The number of esters is 1. The van der Waals surface area contributed by atoms with Gasteiger partial charge in [-0.25, -0.2) is 18.4 Å². The summed E-state index contributed by atoms with van der Waals surface area (Å²) >= 11 is 5.69. The Bertz CT molecular complexity index is 660. The standard InChI is InChI=1S/C11H15ClN4O4S/c1-20-10(17)7-5-8(12)15-16-9(7)14-6-11(3-2-4-11)21(13,18)19/h5H,2-4,6H2,1H3,(H,14,16)(H2,13,18,19). The SMILES string of the molecule is COC(=O)c1cc(Cl)nnc1NCC1(S(N)(=O)=O)CCC1. The Labute approximate surface area is 127 Å². The molecule has 1 aromatic heterocycles. The van der Waals surface area contributed by atoms with Gasteiger partial charge in [0.05, 0.1) is 7.11 Å². The lowest BCUT2D eigenvalue weighted by molar-refractivity contribution is 0.0601. The molecule has 0 atom stereocenters. The summed E-state index contributed by atoms with van der Waals surface area (Å²) in [4.78, 5) is 11.7. The molecule has 0 unspecified atom stereocenters. The number of nitrogens with zero attached hydrogens (tertiary/aromatic N) is 2. The summed E-state index contributed by atoms with van der Waals surface area (Å²) in [6.07, 6.45) is 1.72. The second kappa shape index (κ2) is 5.74. The number of anilines is 1. The highest BCUT2D eigenvalue weighted by Crippen LogP contribution is 2.38. The van der Waals surface area contributed by atoms with E-state index in [9.17, 15) is 13.2 Å². The van der Waals surface area contributed by atoms with Crippen molar-refractivity contribution in [3.8, 4) is 0 Å². The third-order valence-electron chi connectivity index (χ3n) is 3.62. The van der Waals surface area contributed by atoms with Crippen LogP contribution in [-0.2, 0) is 14.8 Å². The quantitative estimate of drug-likeness (QED) is 0.753. The molecule has 0 spiro atoms. The molecule has 8 nitrogen and oxygen atoms in total. The van der Waals surface area contributed by atoms with Crippen molar-refractivity contribution in [3.05, 3.63) is 16.8 Å². The van der Waals surface area contributed by atoms with Gasteiger partial charge in [-0.1, -0.05) is 18.0 Å². The number of hydrogen-bond acceptors (Lipinski definition) is 7. The van der Waals surface area contributed by atoms with Gasteiger partial charge in [0.1, 0.15) is 10.3 Å². The van der Waals surface area contributed by atoms with Crippen molar-refractivity contribution >= 4 is 33.4 Å². The van der Waals surface area contributed by atoms with E-state index in [1.807, 2.05) is 0 Å². The van der Waals surface area contributed by atoms with Gasteiger partial charge in [-0.05, 0) is 18.9 Å². The molecule has 0 saturated heterocycles. The van der Waals surface area contributed by atoms with Crippen LogP contribution in [0.25, 0.3) is 0 Å². The molecule has 1 aliphatic carbocycles. The lowest BCUT2D eigenvalue weighted by atomic mass is 9.84. The van der Waals surface area contributed by atoms with Crippen molar-refractivity contribution in [3.63, 3.8) is 0 Å². The van der Waals surface area contributed by atoms with Crippen molar-refractivity contribution in [2.24, 2.45) is 5.14 Å². The predicted molar refractivity (Wildman–Crippen MR) is 76.6 cm³/mol. The number of ether oxygens (including phenoxy) is 1. The summed E-state index contributed by atoms with van der Waals surface area (Å²) < 4.78 is 26.9. The summed E-state index contributed by atoms with van der Waals surface area (Å²) in [5.41, 5.74) is 0.0846. The fourth-order valence-electron chi connectivity index (χ4n) is 2.14. The Kier molecular flexibility index (Phi) is 4.35. The number of aromatic nitrogens is 2. The molecule has 10 heteroatoms. The molecule has 3 N–H and O–H groups in total. The van der Waals surface area contributed by atoms with Crippen LogP contribution in [0.3, 0.4) is 0 Å². The molecule has 1 fully saturated rings. The van der Waals surface area contributed by atoms with Crippen molar-refractivity contribution in [2.75, 3.05) is 19.0 Å². The van der Waals surface area contributed by atoms with Gasteiger partial charge < -0.3 is 10.1 Å². The van der Waals surface area contributed by atoms with E-state index < -0.39 is 20.7 Å². The van der Waals surface area contributed by atoms with Crippen molar-refractivity contribution in [2.45, 2.75) is 24.0 Å². The van der Waals surface area contributed by atoms with Crippen LogP contribution in [0.15, 0.2) is 6.07 Å².